The van der Waals surface area contributed by atoms with Crippen LogP contribution in [0, 0.1) is 19.7 Å². The summed E-state index contributed by atoms with van der Waals surface area (Å²) in [6.07, 6.45) is 1.27. The average Bonchev–Trinajstić information content (AvgIpc) is 3.05. The molecule has 0 amide bonds. The van der Waals surface area contributed by atoms with Crippen molar-refractivity contribution in [3.8, 4) is 0 Å². The molecule has 0 bridgehead atoms. The van der Waals surface area contributed by atoms with Crippen molar-refractivity contribution in [3.63, 3.8) is 0 Å². The highest BCUT2D eigenvalue weighted by Gasteiger charge is 2.16. The van der Waals surface area contributed by atoms with Gasteiger partial charge in [0, 0.05) is 23.4 Å². The third kappa shape index (κ3) is 3.58. The Morgan fingerprint density at radius 2 is 1.82 bits per heavy atom. The predicted octanol–water partition coefficient (Wildman–Crippen LogP) is 4.78. The Morgan fingerprint density at radius 3 is 2.54 bits per heavy atom. The van der Waals surface area contributed by atoms with Crippen molar-refractivity contribution >= 4 is 17.3 Å². The fourth-order valence-electron chi connectivity index (χ4n) is 3.31. The van der Waals surface area contributed by atoms with E-state index in [4.69, 9.17) is 0 Å². The van der Waals surface area contributed by atoms with Crippen LogP contribution in [0.3, 0.4) is 0 Å². The fourth-order valence-corrected chi connectivity index (χ4v) is 3.31. The lowest BCUT2D eigenvalue weighted by molar-refractivity contribution is 0.625. The number of halogens is 1. The van der Waals surface area contributed by atoms with Crippen LogP contribution in [0.1, 0.15) is 35.1 Å². The Bertz CT molecular complexity index is 1130. The Morgan fingerprint density at radius 1 is 1.04 bits per heavy atom. The van der Waals surface area contributed by atoms with E-state index in [1.807, 2.05) is 25.1 Å². The van der Waals surface area contributed by atoms with E-state index in [9.17, 15) is 4.39 Å². The van der Waals surface area contributed by atoms with E-state index < -0.39 is 0 Å². The summed E-state index contributed by atoms with van der Waals surface area (Å²) in [5.41, 5.74) is 5.03. The van der Waals surface area contributed by atoms with Gasteiger partial charge in [-0.15, -0.1) is 5.10 Å². The maximum Gasteiger partial charge on any atom is 0.254 e. The van der Waals surface area contributed by atoms with Crippen molar-refractivity contribution in [2.75, 3.05) is 5.32 Å². The zero-order chi connectivity index (χ0) is 19.7. The van der Waals surface area contributed by atoms with Crippen LogP contribution in [0.15, 0.2) is 48.5 Å². The van der Waals surface area contributed by atoms with E-state index >= 15 is 0 Å². The molecule has 0 spiro atoms. The molecular weight excluding hydrogens is 353 g/mol. The molecule has 28 heavy (non-hydrogen) atoms. The summed E-state index contributed by atoms with van der Waals surface area (Å²) in [5.74, 6) is 1.76. The summed E-state index contributed by atoms with van der Waals surface area (Å²) in [7, 11) is 0. The molecule has 0 saturated heterocycles. The molecule has 2 aromatic heterocycles. The first-order chi connectivity index (χ1) is 13.5. The maximum atomic E-state index is 13.5. The largest absolute Gasteiger partial charge is 0.340 e. The molecule has 5 nitrogen and oxygen atoms in total. The van der Waals surface area contributed by atoms with Crippen molar-refractivity contribution < 1.29 is 4.39 Å². The Labute approximate surface area is 163 Å². The van der Waals surface area contributed by atoms with Crippen molar-refractivity contribution in [2.45, 2.75) is 33.6 Å². The summed E-state index contributed by atoms with van der Waals surface area (Å²) in [5, 5.41) is 8.14. The van der Waals surface area contributed by atoms with E-state index in [2.05, 4.69) is 46.4 Å². The molecule has 0 radical (unpaired) electrons. The van der Waals surface area contributed by atoms with Gasteiger partial charge in [0.05, 0.1) is 0 Å². The number of aryl methyl sites for hydroxylation is 2. The first-order valence-corrected chi connectivity index (χ1v) is 9.36. The van der Waals surface area contributed by atoms with E-state index in [0.717, 1.165) is 34.7 Å². The lowest BCUT2D eigenvalue weighted by Gasteiger charge is -2.14. The van der Waals surface area contributed by atoms with Crippen LogP contribution >= 0.6 is 0 Å². The molecule has 2 aromatic carbocycles. The summed E-state index contributed by atoms with van der Waals surface area (Å²) < 4.78 is 15.2. The summed E-state index contributed by atoms with van der Waals surface area (Å²) in [6.45, 7) is 6.15. The predicted molar refractivity (Wildman–Crippen MR) is 109 cm³/mol. The van der Waals surface area contributed by atoms with Gasteiger partial charge in [-0.3, -0.25) is 0 Å². The summed E-state index contributed by atoms with van der Waals surface area (Å²) >= 11 is 0. The number of nitrogens with one attached hydrogen (secondary N) is 1. The van der Waals surface area contributed by atoms with Crippen LogP contribution in [-0.2, 0) is 12.8 Å². The second kappa shape index (κ2) is 7.38. The van der Waals surface area contributed by atoms with Crippen LogP contribution in [0.25, 0.3) is 5.78 Å². The zero-order valence-electron chi connectivity index (χ0n) is 16.2. The second-order valence-electron chi connectivity index (χ2n) is 6.92. The van der Waals surface area contributed by atoms with Crippen molar-refractivity contribution in [1.82, 2.24) is 19.6 Å². The number of benzene rings is 2. The molecule has 0 aliphatic heterocycles. The van der Waals surface area contributed by atoms with Gasteiger partial charge >= 0.3 is 0 Å². The molecule has 0 fully saturated rings. The van der Waals surface area contributed by atoms with E-state index in [1.165, 1.54) is 17.7 Å². The molecule has 0 atom stereocenters. The number of anilines is 2. The number of aromatic nitrogens is 4. The first-order valence-electron chi connectivity index (χ1n) is 9.36. The normalized spacial score (nSPS) is 11.1. The number of nitrogens with zero attached hydrogens (tertiary/aromatic N) is 4. The second-order valence-corrected chi connectivity index (χ2v) is 6.92. The smallest absolute Gasteiger partial charge is 0.254 e. The molecule has 0 aliphatic carbocycles. The maximum absolute atomic E-state index is 13.5. The van der Waals surface area contributed by atoms with Gasteiger partial charge in [0.2, 0.25) is 0 Å². The highest BCUT2D eigenvalue weighted by molar-refractivity contribution is 5.63. The van der Waals surface area contributed by atoms with Crippen LogP contribution in [0.2, 0.25) is 0 Å². The van der Waals surface area contributed by atoms with Gasteiger partial charge < -0.3 is 5.32 Å². The topological polar surface area (TPSA) is 55.1 Å². The molecule has 2 heterocycles. The number of fused-ring (bicyclic) bond motifs is 1. The Balaban J connectivity index is 1.77. The molecule has 0 aliphatic rings. The monoisotopic (exact) mass is 375 g/mol. The van der Waals surface area contributed by atoms with Gasteiger partial charge in [-0.1, -0.05) is 36.8 Å². The fraction of sp³-hybridized carbons (Fsp3) is 0.227. The van der Waals surface area contributed by atoms with Gasteiger partial charge in [-0.05, 0) is 50.1 Å². The molecule has 0 unspecified atom stereocenters. The molecule has 0 saturated carbocycles. The van der Waals surface area contributed by atoms with Crippen molar-refractivity contribution in [2.24, 2.45) is 0 Å². The quantitative estimate of drug-likeness (QED) is 0.546. The van der Waals surface area contributed by atoms with Crippen LogP contribution in [0.4, 0.5) is 15.9 Å². The number of hydrogen-bond donors (Lipinski definition) is 1. The Hall–Kier alpha value is -3.28. The van der Waals surface area contributed by atoms with Crippen LogP contribution < -0.4 is 5.32 Å². The average molecular weight is 375 g/mol. The number of rotatable bonds is 5. The molecule has 4 aromatic rings. The molecule has 1 N–H and O–H groups in total. The lowest BCUT2D eigenvalue weighted by atomic mass is 10.1. The highest BCUT2D eigenvalue weighted by atomic mass is 19.1. The number of hydrogen-bond acceptors (Lipinski definition) is 4. The molecule has 6 heteroatoms. The van der Waals surface area contributed by atoms with Gasteiger partial charge in [-0.2, -0.15) is 9.50 Å². The lowest BCUT2D eigenvalue weighted by Crippen LogP contribution is -2.08. The summed E-state index contributed by atoms with van der Waals surface area (Å²) in [6, 6.07) is 14.7. The van der Waals surface area contributed by atoms with Crippen LogP contribution in [-0.4, -0.2) is 19.6 Å². The van der Waals surface area contributed by atoms with E-state index in [-0.39, 0.29) is 5.82 Å². The van der Waals surface area contributed by atoms with Crippen molar-refractivity contribution in [1.29, 1.82) is 0 Å². The Kier molecular flexibility index (Phi) is 4.77. The summed E-state index contributed by atoms with van der Waals surface area (Å²) in [4.78, 5) is 9.19. The highest BCUT2D eigenvalue weighted by Crippen LogP contribution is 2.25. The van der Waals surface area contributed by atoms with Gasteiger partial charge in [0.1, 0.15) is 11.6 Å². The van der Waals surface area contributed by atoms with Gasteiger partial charge in [0.15, 0.2) is 5.82 Å². The first kappa shape index (κ1) is 18.1. The van der Waals surface area contributed by atoms with Crippen molar-refractivity contribution in [3.05, 3.63) is 82.6 Å². The third-order valence-electron chi connectivity index (χ3n) is 4.76. The van der Waals surface area contributed by atoms with E-state index in [1.54, 1.807) is 10.6 Å². The minimum Gasteiger partial charge on any atom is -0.340 e. The SMILES string of the molecule is CCc1c(C)nc2nc(Cc3cccc(F)c3)nn2c1Nc1ccc(C)cc1. The van der Waals surface area contributed by atoms with Crippen LogP contribution in [0.5, 0.6) is 0 Å². The molecule has 142 valence electrons. The standard InChI is InChI=1S/C22H22FN5/c1-4-19-15(3)24-22-26-20(13-16-6-5-7-17(23)12-16)27-28(22)21(19)25-18-10-8-14(2)9-11-18/h5-12,25H,4,13H2,1-3H3. The zero-order valence-corrected chi connectivity index (χ0v) is 16.2. The minimum atomic E-state index is -0.259. The molecule has 4 rings (SSSR count). The minimum absolute atomic E-state index is 0.259. The molecular formula is C22H22FN5. The van der Waals surface area contributed by atoms with Gasteiger partial charge in [0.25, 0.3) is 5.78 Å². The van der Waals surface area contributed by atoms with E-state index in [0.29, 0.717) is 18.0 Å². The van der Waals surface area contributed by atoms with Gasteiger partial charge in [-0.25, -0.2) is 9.37 Å². The third-order valence-corrected chi connectivity index (χ3v) is 4.76.